The summed E-state index contributed by atoms with van der Waals surface area (Å²) >= 11 is 5.91. The summed E-state index contributed by atoms with van der Waals surface area (Å²) in [6, 6.07) is 17.0. The Morgan fingerprint density at radius 3 is 2.43 bits per heavy atom. The number of aromatic nitrogens is 2. The van der Waals surface area contributed by atoms with Gasteiger partial charge >= 0.3 is 0 Å². The van der Waals surface area contributed by atoms with Gasteiger partial charge in [-0.1, -0.05) is 35.9 Å². The van der Waals surface area contributed by atoms with E-state index in [0.29, 0.717) is 23.8 Å². The minimum Gasteiger partial charge on any atom is -0.368 e. The van der Waals surface area contributed by atoms with Crippen molar-refractivity contribution in [3.8, 4) is 11.3 Å². The number of carbonyl (C=O) groups is 1. The second kappa shape index (κ2) is 8.71. The molecule has 30 heavy (non-hydrogen) atoms. The maximum Gasteiger partial charge on any atom is 0.254 e. The van der Waals surface area contributed by atoms with Gasteiger partial charge in [-0.3, -0.25) is 14.2 Å². The lowest BCUT2D eigenvalue weighted by atomic mass is 10.1. The molecule has 2 heterocycles. The highest BCUT2D eigenvalue weighted by Crippen LogP contribution is 2.19. The lowest BCUT2D eigenvalue weighted by Crippen LogP contribution is -2.50. The number of halogens is 1. The molecule has 1 saturated heterocycles. The molecule has 0 spiro atoms. The van der Waals surface area contributed by atoms with Crippen LogP contribution in [0.2, 0.25) is 5.02 Å². The van der Waals surface area contributed by atoms with Crippen molar-refractivity contribution in [3.05, 3.63) is 81.9 Å². The van der Waals surface area contributed by atoms with Crippen molar-refractivity contribution >= 4 is 23.2 Å². The second-order valence-corrected chi connectivity index (χ2v) is 7.89. The van der Waals surface area contributed by atoms with Crippen LogP contribution < -0.4 is 10.5 Å². The highest BCUT2D eigenvalue weighted by molar-refractivity contribution is 6.30. The predicted octanol–water partition coefficient (Wildman–Crippen LogP) is 3.22. The predicted molar refractivity (Wildman–Crippen MR) is 119 cm³/mol. The fraction of sp³-hybridized carbons (Fsp3) is 0.261. The molecule has 1 aromatic heterocycles. The third-order valence-corrected chi connectivity index (χ3v) is 5.58. The van der Waals surface area contributed by atoms with Crippen LogP contribution in [0, 0.1) is 6.92 Å². The number of hydrogen-bond acceptors (Lipinski definition) is 4. The summed E-state index contributed by atoms with van der Waals surface area (Å²) in [5.74, 6) is -0.0676. The molecule has 1 fully saturated rings. The third kappa shape index (κ3) is 4.54. The summed E-state index contributed by atoms with van der Waals surface area (Å²) in [5.41, 5.74) is 3.52. The molecular weight excluding hydrogens is 400 g/mol. The van der Waals surface area contributed by atoms with Gasteiger partial charge < -0.3 is 9.80 Å². The van der Waals surface area contributed by atoms with E-state index in [4.69, 9.17) is 11.6 Å². The van der Waals surface area contributed by atoms with Gasteiger partial charge in [0.15, 0.2) is 0 Å². The number of amides is 1. The van der Waals surface area contributed by atoms with Crippen LogP contribution >= 0.6 is 11.6 Å². The smallest absolute Gasteiger partial charge is 0.254 e. The first-order chi connectivity index (χ1) is 14.5. The number of benzene rings is 2. The number of anilines is 1. The maximum atomic E-state index is 12.7. The number of hydrogen-bond donors (Lipinski definition) is 0. The van der Waals surface area contributed by atoms with Gasteiger partial charge in [0.05, 0.1) is 12.0 Å². The topological polar surface area (TPSA) is 58.4 Å². The van der Waals surface area contributed by atoms with Crippen molar-refractivity contribution in [2.45, 2.75) is 13.5 Å². The van der Waals surface area contributed by atoms with Crippen LogP contribution in [0.5, 0.6) is 0 Å². The molecule has 1 amide bonds. The van der Waals surface area contributed by atoms with Gasteiger partial charge in [-0.25, -0.2) is 4.98 Å². The molecule has 0 radical (unpaired) electrons. The van der Waals surface area contributed by atoms with Crippen LogP contribution in [0.1, 0.15) is 5.56 Å². The van der Waals surface area contributed by atoms with E-state index < -0.39 is 0 Å². The largest absolute Gasteiger partial charge is 0.368 e. The maximum absolute atomic E-state index is 12.7. The molecule has 4 rings (SSSR count). The van der Waals surface area contributed by atoms with Crippen molar-refractivity contribution in [1.82, 2.24) is 14.5 Å². The lowest BCUT2D eigenvalue weighted by molar-refractivity contribution is -0.132. The van der Waals surface area contributed by atoms with Gasteiger partial charge in [0, 0.05) is 48.5 Å². The van der Waals surface area contributed by atoms with Crippen LogP contribution in [0.25, 0.3) is 11.3 Å². The normalized spacial score (nSPS) is 14.1. The molecule has 6 nitrogen and oxygen atoms in total. The summed E-state index contributed by atoms with van der Waals surface area (Å²) in [4.78, 5) is 33.6. The number of carbonyl (C=O) groups excluding carboxylic acids is 1. The zero-order chi connectivity index (χ0) is 21.1. The first-order valence-electron chi connectivity index (χ1n) is 9.91. The van der Waals surface area contributed by atoms with Gasteiger partial charge in [0.1, 0.15) is 6.54 Å². The van der Waals surface area contributed by atoms with E-state index in [1.54, 1.807) is 12.1 Å². The SMILES string of the molecule is Cc1cccc(N2CCN(C(=O)Cn3cnc(-c4ccc(Cl)cc4)cc3=O)CC2)c1. The monoisotopic (exact) mass is 422 g/mol. The summed E-state index contributed by atoms with van der Waals surface area (Å²) in [6.07, 6.45) is 1.44. The molecular formula is C23H23ClN4O2. The van der Waals surface area contributed by atoms with E-state index in [9.17, 15) is 9.59 Å². The molecule has 0 unspecified atom stereocenters. The van der Waals surface area contributed by atoms with E-state index in [1.807, 2.05) is 17.0 Å². The van der Waals surface area contributed by atoms with E-state index >= 15 is 0 Å². The first-order valence-corrected chi connectivity index (χ1v) is 10.3. The average molecular weight is 423 g/mol. The van der Waals surface area contributed by atoms with E-state index in [1.165, 1.54) is 28.2 Å². The average Bonchev–Trinajstić information content (AvgIpc) is 2.76. The number of rotatable bonds is 4. The van der Waals surface area contributed by atoms with Crippen molar-refractivity contribution in [1.29, 1.82) is 0 Å². The molecule has 3 aromatic rings. The standard InChI is InChI=1S/C23H23ClN4O2/c1-17-3-2-4-20(13-17)26-9-11-27(12-10-26)23(30)15-28-16-25-21(14-22(28)29)18-5-7-19(24)8-6-18/h2-8,13-14,16H,9-12,15H2,1H3. The Morgan fingerprint density at radius 1 is 1.03 bits per heavy atom. The van der Waals surface area contributed by atoms with Gasteiger partial charge in [0.2, 0.25) is 5.91 Å². The molecule has 1 aliphatic rings. The summed E-state index contributed by atoms with van der Waals surface area (Å²) < 4.78 is 1.36. The highest BCUT2D eigenvalue weighted by atomic mass is 35.5. The van der Waals surface area contributed by atoms with Crippen molar-refractivity contribution < 1.29 is 4.79 Å². The second-order valence-electron chi connectivity index (χ2n) is 7.45. The van der Waals surface area contributed by atoms with Crippen LogP contribution in [-0.2, 0) is 11.3 Å². The molecule has 1 aliphatic heterocycles. The van der Waals surface area contributed by atoms with E-state index in [0.717, 1.165) is 18.7 Å². The number of aryl methyl sites for hydroxylation is 1. The van der Waals surface area contributed by atoms with Crippen LogP contribution in [0.4, 0.5) is 5.69 Å². The van der Waals surface area contributed by atoms with Crippen molar-refractivity contribution in [2.75, 3.05) is 31.1 Å². The molecule has 0 atom stereocenters. The molecule has 0 N–H and O–H groups in total. The minimum atomic E-state index is -0.248. The lowest BCUT2D eigenvalue weighted by Gasteiger charge is -2.36. The van der Waals surface area contributed by atoms with Gasteiger partial charge in [0.25, 0.3) is 5.56 Å². The Bertz CT molecular complexity index is 1100. The molecule has 2 aromatic carbocycles. The Labute approximate surface area is 180 Å². The fourth-order valence-corrected chi connectivity index (χ4v) is 3.73. The minimum absolute atomic E-state index is 0.00280. The Balaban J connectivity index is 1.38. The van der Waals surface area contributed by atoms with Crippen molar-refractivity contribution in [3.63, 3.8) is 0 Å². The summed E-state index contributed by atoms with van der Waals surface area (Å²) in [6.45, 7) is 4.90. The molecule has 0 aliphatic carbocycles. The van der Waals surface area contributed by atoms with Crippen LogP contribution in [-0.4, -0.2) is 46.5 Å². The van der Waals surface area contributed by atoms with Gasteiger partial charge in [-0.2, -0.15) is 0 Å². The quantitative estimate of drug-likeness (QED) is 0.647. The third-order valence-electron chi connectivity index (χ3n) is 5.32. The summed E-state index contributed by atoms with van der Waals surface area (Å²) in [5, 5.41) is 0.625. The number of piperazine rings is 1. The summed E-state index contributed by atoms with van der Waals surface area (Å²) in [7, 11) is 0. The Kier molecular flexibility index (Phi) is 5.86. The Morgan fingerprint density at radius 2 is 1.77 bits per heavy atom. The highest BCUT2D eigenvalue weighted by Gasteiger charge is 2.22. The fourth-order valence-electron chi connectivity index (χ4n) is 3.61. The van der Waals surface area contributed by atoms with Crippen LogP contribution in [0.3, 0.4) is 0 Å². The van der Waals surface area contributed by atoms with E-state index in [2.05, 4.69) is 41.1 Å². The van der Waals surface area contributed by atoms with Gasteiger partial charge in [-0.15, -0.1) is 0 Å². The van der Waals surface area contributed by atoms with Crippen LogP contribution in [0.15, 0.2) is 65.7 Å². The zero-order valence-corrected chi connectivity index (χ0v) is 17.5. The molecule has 0 bridgehead atoms. The number of nitrogens with zero attached hydrogens (tertiary/aromatic N) is 4. The van der Waals surface area contributed by atoms with Gasteiger partial charge in [-0.05, 0) is 36.8 Å². The Hall–Kier alpha value is -3.12. The van der Waals surface area contributed by atoms with Crippen molar-refractivity contribution in [2.24, 2.45) is 0 Å². The zero-order valence-electron chi connectivity index (χ0n) is 16.8. The molecule has 7 heteroatoms. The first kappa shape index (κ1) is 20.2. The molecule has 154 valence electrons. The molecule has 0 saturated carbocycles. The van der Waals surface area contributed by atoms with E-state index in [-0.39, 0.29) is 18.0 Å².